The standard InChI is InChI=1S/C23H33F3/c1-2-3-5-16-8-10-17(11-9-16)18-6-4-7-19(14-18)20-12-13-21(23(25)26)22(24)15-20/h12-13,15-19,23H,2-11,14H2,1H3/t16-,17-,18?,19-/m0/s1. The highest BCUT2D eigenvalue weighted by Gasteiger charge is 2.32. The second kappa shape index (κ2) is 9.28. The Balaban J connectivity index is 1.57. The van der Waals surface area contributed by atoms with Crippen LogP contribution in [0, 0.1) is 23.6 Å². The molecule has 0 spiro atoms. The van der Waals surface area contributed by atoms with Gasteiger partial charge in [-0.15, -0.1) is 0 Å². The van der Waals surface area contributed by atoms with Gasteiger partial charge in [0.2, 0.25) is 0 Å². The lowest BCUT2D eigenvalue weighted by Gasteiger charge is -2.38. The molecule has 0 heterocycles. The summed E-state index contributed by atoms with van der Waals surface area (Å²) in [6.45, 7) is 2.27. The van der Waals surface area contributed by atoms with Crippen molar-refractivity contribution in [1.29, 1.82) is 0 Å². The van der Waals surface area contributed by atoms with Crippen LogP contribution in [0.5, 0.6) is 0 Å². The normalized spacial score (nSPS) is 29.9. The van der Waals surface area contributed by atoms with Crippen LogP contribution in [0.1, 0.15) is 101 Å². The van der Waals surface area contributed by atoms with E-state index in [0.717, 1.165) is 36.2 Å². The van der Waals surface area contributed by atoms with Gasteiger partial charge >= 0.3 is 0 Å². The van der Waals surface area contributed by atoms with Gasteiger partial charge in [0, 0.05) is 0 Å². The zero-order chi connectivity index (χ0) is 18.5. The summed E-state index contributed by atoms with van der Waals surface area (Å²) in [6.07, 6.45) is 11.4. The molecule has 26 heavy (non-hydrogen) atoms. The number of hydrogen-bond donors (Lipinski definition) is 0. The first kappa shape index (κ1) is 19.8. The molecule has 2 fully saturated rings. The number of unbranched alkanes of at least 4 members (excludes halogenated alkanes) is 1. The molecule has 1 unspecified atom stereocenters. The topological polar surface area (TPSA) is 0 Å². The molecule has 0 N–H and O–H groups in total. The van der Waals surface area contributed by atoms with Crippen LogP contribution in [-0.2, 0) is 0 Å². The molecule has 3 rings (SSSR count). The van der Waals surface area contributed by atoms with Crippen molar-refractivity contribution < 1.29 is 13.2 Å². The second-order valence-electron chi connectivity index (χ2n) is 8.63. The molecule has 0 bridgehead atoms. The maximum Gasteiger partial charge on any atom is 0.266 e. The largest absolute Gasteiger partial charge is 0.266 e. The van der Waals surface area contributed by atoms with Crippen molar-refractivity contribution in [3.05, 3.63) is 35.1 Å². The zero-order valence-corrected chi connectivity index (χ0v) is 16.0. The zero-order valence-electron chi connectivity index (χ0n) is 16.0. The third-order valence-corrected chi connectivity index (χ3v) is 6.97. The highest BCUT2D eigenvalue weighted by Crippen LogP contribution is 2.45. The Hall–Kier alpha value is -0.990. The van der Waals surface area contributed by atoms with Crippen molar-refractivity contribution in [3.8, 4) is 0 Å². The number of halogens is 3. The SMILES string of the molecule is CCCC[C@H]1CC[C@H](C2CCC[C@H](c3ccc(C(F)F)c(F)c3)C2)CC1. The van der Waals surface area contributed by atoms with E-state index < -0.39 is 17.8 Å². The first-order chi connectivity index (χ1) is 12.6. The Labute approximate surface area is 156 Å². The Morgan fingerprint density at radius 1 is 1.00 bits per heavy atom. The van der Waals surface area contributed by atoms with E-state index in [2.05, 4.69) is 6.92 Å². The van der Waals surface area contributed by atoms with Gasteiger partial charge in [0.1, 0.15) is 5.82 Å². The molecule has 0 radical (unpaired) electrons. The summed E-state index contributed by atoms with van der Waals surface area (Å²) < 4.78 is 39.5. The fourth-order valence-corrected chi connectivity index (χ4v) is 5.37. The Bertz CT molecular complexity index is 561. The Morgan fingerprint density at radius 3 is 2.42 bits per heavy atom. The van der Waals surface area contributed by atoms with Crippen LogP contribution >= 0.6 is 0 Å². The molecule has 0 saturated heterocycles. The van der Waals surface area contributed by atoms with E-state index in [0.29, 0.717) is 5.92 Å². The van der Waals surface area contributed by atoms with Crippen molar-refractivity contribution in [2.45, 2.75) is 89.9 Å². The van der Waals surface area contributed by atoms with Gasteiger partial charge in [-0.1, -0.05) is 64.0 Å². The van der Waals surface area contributed by atoms with Crippen molar-refractivity contribution in [3.63, 3.8) is 0 Å². The number of hydrogen-bond acceptors (Lipinski definition) is 0. The predicted molar refractivity (Wildman–Crippen MR) is 101 cm³/mol. The van der Waals surface area contributed by atoms with E-state index in [1.165, 1.54) is 69.9 Å². The monoisotopic (exact) mass is 366 g/mol. The molecular weight excluding hydrogens is 333 g/mol. The molecular formula is C23H33F3. The average Bonchev–Trinajstić information content (AvgIpc) is 2.66. The summed E-state index contributed by atoms with van der Waals surface area (Å²) >= 11 is 0. The third kappa shape index (κ3) is 4.84. The van der Waals surface area contributed by atoms with Crippen LogP contribution in [0.3, 0.4) is 0 Å². The van der Waals surface area contributed by atoms with Crippen LogP contribution in [0.4, 0.5) is 13.2 Å². The molecule has 0 nitrogen and oxygen atoms in total. The molecule has 146 valence electrons. The molecule has 2 atom stereocenters. The van der Waals surface area contributed by atoms with Gasteiger partial charge in [0.15, 0.2) is 0 Å². The third-order valence-electron chi connectivity index (χ3n) is 6.97. The molecule has 2 aliphatic rings. The summed E-state index contributed by atoms with van der Waals surface area (Å²) in [7, 11) is 0. The van der Waals surface area contributed by atoms with E-state index in [-0.39, 0.29) is 0 Å². The number of rotatable bonds is 6. The van der Waals surface area contributed by atoms with E-state index in [1.54, 1.807) is 6.07 Å². The lowest BCUT2D eigenvalue weighted by molar-refractivity contribution is 0.145. The summed E-state index contributed by atoms with van der Waals surface area (Å²) in [5.41, 5.74) is 0.458. The number of alkyl halides is 2. The van der Waals surface area contributed by atoms with E-state index >= 15 is 0 Å². The van der Waals surface area contributed by atoms with Crippen LogP contribution in [-0.4, -0.2) is 0 Å². The minimum Gasteiger partial charge on any atom is -0.206 e. The molecule has 1 aromatic carbocycles. The van der Waals surface area contributed by atoms with Gasteiger partial charge in [-0.05, 0) is 61.0 Å². The maximum atomic E-state index is 14.0. The lowest BCUT2D eigenvalue weighted by atomic mass is 9.67. The fourth-order valence-electron chi connectivity index (χ4n) is 5.37. The van der Waals surface area contributed by atoms with Gasteiger partial charge in [-0.3, -0.25) is 0 Å². The van der Waals surface area contributed by atoms with Gasteiger partial charge in [-0.25, -0.2) is 13.2 Å². The molecule has 0 aliphatic heterocycles. The predicted octanol–water partition coefficient (Wildman–Crippen LogP) is 8.03. The Kier molecular flexibility index (Phi) is 7.05. The van der Waals surface area contributed by atoms with Gasteiger partial charge < -0.3 is 0 Å². The van der Waals surface area contributed by atoms with Crippen LogP contribution in [0.15, 0.2) is 18.2 Å². The smallest absolute Gasteiger partial charge is 0.206 e. The molecule has 2 aliphatic carbocycles. The van der Waals surface area contributed by atoms with E-state index in [9.17, 15) is 13.2 Å². The van der Waals surface area contributed by atoms with Gasteiger partial charge in [0.05, 0.1) is 5.56 Å². The van der Waals surface area contributed by atoms with Gasteiger partial charge in [0.25, 0.3) is 6.43 Å². The number of benzene rings is 1. The van der Waals surface area contributed by atoms with Crippen LogP contribution in [0.2, 0.25) is 0 Å². The minimum absolute atomic E-state index is 0.341. The Morgan fingerprint density at radius 2 is 1.77 bits per heavy atom. The quantitative estimate of drug-likeness (QED) is 0.478. The summed E-state index contributed by atoms with van der Waals surface area (Å²) in [5.74, 6) is 2.09. The van der Waals surface area contributed by atoms with Crippen molar-refractivity contribution in [2.75, 3.05) is 0 Å². The molecule has 2 saturated carbocycles. The van der Waals surface area contributed by atoms with Crippen molar-refractivity contribution >= 4 is 0 Å². The summed E-state index contributed by atoms with van der Waals surface area (Å²) in [6, 6.07) is 4.40. The molecule has 3 heteroatoms. The second-order valence-corrected chi connectivity index (χ2v) is 8.63. The molecule has 0 amide bonds. The van der Waals surface area contributed by atoms with E-state index in [4.69, 9.17) is 0 Å². The lowest BCUT2D eigenvalue weighted by Crippen LogP contribution is -2.26. The summed E-state index contributed by atoms with van der Waals surface area (Å²) in [5, 5.41) is 0. The molecule has 1 aromatic rings. The fraction of sp³-hybridized carbons (Fsp3) is 0.739. The minimum atomic E-state index is -2.73. The summed E-state index contributed by atoms with van der Waals surface area (Å²) in [4.78, 5) is 0. The first-order valence-electron chi connectivity index (χ1n) is 10.7. The van der Waals surface area contributed by atoms with Crippen LogP contribution < -0.4 is 0 Å². The highest BCUT2D eigenvalue weighted by molar-refractivity contribution is 5.28. The van der Waals surface area contributed by atoms with Gasteiger partial charge in [-0.2, -0.15) is 0 Å². The first-order valence-corrected chi connectivity index (χ1v) is 10.7. The van der Waals surface area contributed by atoms with Crippen molar-refractivity contribution in [2.24, 2.45) is 17.8 Å². The van der Waals surface area contributed by atoms with Crippen molar-refractivity contribution in [1.82, 2.24) is 0 Å². The van der Waals surface area contributed by atoms with Crippen LogP contribution in [0.25, 0.3) is 0 Å². The van der Waals surface area contributed by atoms with E-state index in [1.807, 2.05) is 0 Å². The maximum absolute atomic E-state index is 14.0. The molecule has 0 aromatic heterocycles. The average molecular weight is 367 g/mol. The highest BCUT2D eigenvalue weighted by atomic mass is 19.3.